The van der Waals surface area contributed by atoms with Crippen LogP contribution in [0.4, 0.5) is 10.8 Å². The molecule has 2 aliphatic heterocycles. The molecule has 10 nitrogen and oxygen atoms in total. The Morgan fingerprint density at radius 1 is 1.07 bits per heavy atom. The van der Waals surface area contributed by atoms with Crippen LogP contribution in [-0.2, 0) is 26.8 Å². The minimum atomic E-state index is -3.83. The minimum Gasteiger partial charge on any atom is -0.496 e. The number of thiazole rings is 1. The normalized spacial score (nSPS) is 18.5. The summed E-state index contributed by atoms with van der Waals surface area (Å²) in [5.41, 5.74) is 2.88. The summed E-state index contributed by atoms with van der Waals surface area (Å²) in [6.45, 7) is 3.38. The van der Waals surface area contributed by atoms with Gasteiger partial charge in [-0.2, -0.15) is 0 Å². The molecule has 1 fully saturated rings. The van der Waals surface area contributed by atoms with Crippen molar-refractivity contribution in [3.8, 4) is 11.6 Å². The van der Waals surface area contributed by atoms with Gasteiger partial charge in [-0.3, -0.25) is 4.79 Å². The van der Waals surface area contributed by atoms with E-state index in [9.17, 15) is 13.2 Å². The maximum Gasteiger partial charge on any atom is 0.240 e. The number of carbonyl (C=O) groups excluding carboxylic acids is 1. The van der Waals surface area contributed by atoms with E-state index in [0.29, 0.717) is 31.3 Å². The molecule has 2 aromatic carbocycles. The lowest BCUT2D eigenvalue weighted by atomic mass is 9.81. The number of sulfonamides is 1. The highest BCUT2D eigenvalue weighted by atomic mass is 32.2. The van der Waals surface area contributed by atoms with Gasteiger partial charge in [0.2, 0.25) is 21.8 Å². The zero-order valence-corrected chi connectivity index (χ0v) is 24.0. The van der Waals surface area contributed by atoms with Gasteiger partial charge in [-0.05, 0) is 42.3 Å². The van der Waals surface area contributed by atoms with Crippen molar-refractivity contribution in [1.29, 1.82) is 0 Å². The third kappa shape index (κ3) is 4.55. The van der Waals surface area contributed by atoms with Gasteiger partial charge < -0.3 is 19.3 Å². The molecule has 0 radical (unpaired) electrons. The zero-order valence-electron chi connectivity index (χ0n) is 22.4. The number of carbonyl (C=O) groups is 1. The molecular weight excluding hydrogens is 550 g/mol. The first-order chi connectivity index (χ1) is 19.2. The lowest BCUT2D eigenvalue weighted by molar-refractivity contribution is -0.127. The smallest absolute Gasteiger partial charge is 0.240 e. The molecule has 40 heavy (non-hydrogen) atoms. The first-order valence-electron chi connectivity index (χ1n) is 12.8. The van der Waals surface area contributed by atoms with E-state index in [4.69, 9.17) is 14.5 Å². The first kappa shape index (κ1) is 26.5. The van der Waals surface area contributed by atoms with Crippen LogP contribution in [0.3, 0.4) is 0 Å². The fraction of sp³-hybridized carbons (Fsp3) is 0.321. The highest BCUT2D eigenvalue weighted by molar-refractivity contribution is 7.89. The monoisotopic (exact) mass is 579 g/mol. The van der Waals surface area contributed by atoms with E-state index in [1.807, 2.05) is 35.2 Å². The van der Waals surface area contributed by atoms with Crippen molar-refractivity contribution in [2.45, 2.75) is 30.2 Å². The molecule has 1 atom stereocenters. The van der Waals surface area contributed by atoms with Crippen molar-refractivity contribution < 1.29 is 22.7 Å². The Morgan fingerprint density at radius 2 is 1.90 bits per heavy atom. The second-order valence-corrected chi connectivity index (χ2v) is 12.8. The molecule has 0 aliphatic carbocycles. The molecule has 208 valence electrons. The SMILES string of the molecule is COc1ccc2nc(N3CC4(CCN(C(C)=O)C4)c4cc(S(=O)(=O)NCc5ccccc5OC)ccc43)sc2n1. The van der Waals surface area contributed by atoms with Crippen LogP contribution in [0.15, 0.2) is 59.5 Å². The van der Waals surface area contributed by atoms with Crippen molar-refractivity contribution in [3.63, 3.8) is 0 Å². The van der Waals surface area contributed by atoms with Gasteiger partial charge in [-0.25, -0.2) is 23.1 Å². The molecule has 2 aliphatic rings. The van der Waals surface area contributed by atoms with Crippen LogP contribution >= 0.6 is 11.3 Å². The fourth-order valence-corrected chi connectivity index (χ4v) is 7.58. The van der Waals surface area contributed by atoms with Crippen molar-refractivity contribution in [1.82, 2.24) is 19.6 Å². The lowest BCUT2D eigenvalue weighted by Gasteiger charge is -2.25. The molecule has 12 heteroatoms. The minimum absolute atomic E-state index is 0.00964. The van der Waals surface area contributed by atoms with Crippen molar-refractivity contribution in [2.24, 2.45) is 0 Å². The average Bonchev–Trinajstić information content (AvgIpc) is 3.67. The number of aromatic nitrogens is 2. The molecule has 1 saturated heterocycles. The molecule has 0 saturated carbocycles. The Morgan fingerprint density at radius 3 is 2.65 bits per heavy atom. The average molecular weight is 580 g/mol. The van der Waals surface area contributed by atoms with Gasteiger partial charge >= 0.3 is 0 Å². The predicted octanol–water partition coefficient (Wildman–Crippen LogP) is 3.83. The highest BCUT2D eigenvalue weighted by Crippen LogP contribution is 2.50. The van der Waals surface area contributed by atoms with Crippen LogP contribution in [0.2, 0.25) is 0 Å². The van der Waals surface area contributed by atoms with Crippen LogP contribution in [0, 0.1) is 0 Å². The lowest BCUT2D eigenvalue weighted by Crippen LogP contribution is -2.36. The summed E-state index contributed by atoms with van der Waals surface area (Å²) in [5.74, 6) is 1.15. The molecular formula is C28H29N5O5S2. The van der Waals surface area contributed by atoms with Gasteiger partial charge in [0.15, 0.2) is 5.13 Å². The number of nitrogens with zero attached hydrogens (tertiary/aromatic N) is 4. The maximum absolute atomic E-state index is 13.4. The number of nitrogens with one attached hydrogen (secondary N) is 1. The molecule has 1 N–H and O–H groups in total. The van der Waals surface area contributed by atoms with Crippen LogP contribution in [0.25, 0.3) is 10.3 Å². The summed E-state index contributed by atoms with van der Waals surface area (Å²) in [7, 11) is -0.697. The number of hydrogen-bond donors (Lipinski definition) is 1. The number of methoxy groups -OCH3 is 2. The number of para-hydroxylation sites is 1. The zero-order chi connectivity index (χ0) is 28.1. The van der Waals surface area contributed by atoms with Crippen LogP contribution in [0.5, 0.6) is 11.6 Å². The molecule has 6 rings (SSSR count). The van der Waals surface area contributed by atoms with Crippen molar-refractivity contribution in [2.75, 3.05) is 38.8 Å². The summed E-state index contributed by atoms with van der Waals surface area (Å²) in [6, 6.07) is 16.2. The third-order valence-corrected chi connectivity index (χ3v) is 10.1. The molecule has 1 spiro atoms. The van der Waals surface area contributed by atoms with Gasteiger partial charge in [0.1, 0.15) is 16.1 Å². The van der Waals surface area contributed by atoms with E-state index in [1.54, 1.807) is 45.4 Å². The van der Waals surface area contributed by atoms with Gasteiger partial charge in [-0.15, -0.1) is 0 Å². The Labute approximate surface area is 236 Å². The summed E-state index contributed by atoms with van der Waals surface area (Å²) in [4.78, 5) is 26.5. The molecule has 1 amide bonds. The van der Waals surface area contributed by atoms with Crippen LogP contribution < -0.4 is 19.1 Å². The van der Waals surface area contributed by atoms with E-state index in [2.05, 4.69) is 14.6 Å². The van der Waals surface area contributed by atoms with Gasteiger partial charge in [0.25, 0.3) is 0 Å². The number of ether oxygens (including phenoxy) is 2. The number of rotatable bonds is 7. The number of benzene rings is 2. The van der Waals surface area contributed by atoms with Crippen molar-refractivity contribution >= 4 is 48.4 Å². The number of hydrogen-bond acceptors (Lipinski definition) is 9. The number of pyridine rings is 1. The third-order valence-electron chi connectivity index (χ3n) is 7.70. The summed E-state index contributed by atoms with van der Waals surface area (Å²) >= 11 is 1.46. The van der Waals surface area contributed by atoms with Crippen LogP contribution in [0.1, 0.15) is 24.5 Å². The summed E-state index contributed by atoms with van der Waals surface area (Å²) in [6.07, 6.45) is 0.727. The quantitative estimate of drug-likeness (QED) is 0.352. The summed E-state index contributed by atoms with van der Waals surface area (Å²) in [5, 5.41) is 0.764. The van der Waals surface area contributed by atoms with Gasteiger partial charge in [-0.1, -0.05) is 29.5 Å². The standard InChI is InChI=1S/C28H29N5O5S2/c1-18(34)32-13-12-28(16-32)17-33(27-30-22-9-11-25(38-3)31-26(22)39-27)23-10-8-20(14-21(23)28)40(35,36)29-15-19-6-4-5-7-24(19)37-2/h4-11,14,29H,12-13,15-17H2,1-3H3. The van der Waals surface area contributed by atoms with Crippen molar-refractivity contribution in [3.05, 3.63) is 65.7 Å². The topological polar surface area (TPSA) is 114 Å². The highest BCUT2D eigenvalue weighted by Gasteiger charge is 2.49. The van der Waals surface area contributed by atoms with E-state index >= 15 is 0 Å². The fourth-order valence-electron chi connectivity index (χ4n) is 5.60. The number of likely N-dealkylation sites (tertiary alicyclic amines) is 1. The Kier molecular flexibility index (Phi) is 6.64. The Bertz CT molecular complexity index is 1720. The summed E-state index contributed by atoms with van der Waals surface area (Å²) < 4.78 is 40.3. The van der Waals surface area contributed by atoms with Gasteiger partial charge in [0.05, 0.1) is 19.1 Å². The van der Waals surface area contributed by atoms with E-state index < -0.39 is 15.4 Å². The van der Waals surface area contributed by atoms with Gasteiger partial charge in [0, 0.05) is 55.8 Å². The maximum atomic E-state index is 13.4. The largest absolute Gasteiger partial charge is 0.496 e. The second-order valence-electron chi connectivity index (χ2n) is 10.0. The van der Waals surface area contributed by atoms with Crippen LogP contribution in [-0.4, -0.2) is 63.0 Å². The molecule has 2 aromatic heterocycles. The molecule has 1 unspecified atom stereocenters. The van der Waals surface area contributed by atoms with E-state index in [0.717, 1.165) is 38.7 Å². The Hall–Kier alpha value is -3.74. The molecule has 0 bridgehead atoms. The molecule has 4 heterocycles. The predicted molar refractivity (Wildman–Crippen MR) is 153 cm³/mol. The Balaban J connectivity index is 1.37. The van der Waals surface area contributed by atoms with E-state index in [-0.39, 0.29) is 17.3 Å². The van der Waals surface area contributed by atoms with E-state index in [1.165, 1.54) is 11.3 Å². The second kappa shape index (κ2) is 10.0. The number of amides is 1. The molecule has 4 aromatic rings. The first-order valence-corrected chi connectivity index (χ1v) is 15.1. The number of fused-ring (bicyclic) bond motifs is 3. The number of anilines is 2.